The topological polar surface area (TPSA) is 124 Å². The number of urea groups is 1. The minimum atomic E-state index is -0.635. The van der Waals surface area contributed by atoms with E-state index in [0.717, 1.165) is 16.6 Å². The fraction of sp³-hybridized carbons (Fsp3) is 0.0476. The number of hydrogen-bond acceptors (Lipinski definition) is 4. The van der Waals surface area contributed by atoms with Gasteiger partial charge in [0.05, 0.1) is 16.6 Å². The molecule has 4 rings (SSSR count). The summed E-state index contributed by atoms with van der Waals surface area (Å²) in [5, 5.41) is 23.7. The predicted octanol–water partition coefficient (Wildman–Crippen LogP) is 3.48. The minimum Gasteiger partial charge on any atom is -0.507 e. The number of benzene rings is 3. The molecule has 2 amide bonds. The molecule has 0 aliphatic carbocycles. The summed E-state index contributed by atoms with van der Waals surface area (Å²) in [5.41, 5.74) is 8.93. The molecular formula is C21H18N4O3. The number of aromatic hydroxyl groups is 2. The summed E-state index contributed by atoms with van der Waals surface area (Å²) in [6.45, 7) is 0.215. The van der Waals surface area contributed by atoms with E-state index in [1.165, 1.54) is 6.07 Å². The number of carbonyl (C=O) groups is 1. The van der Waals surface area contributed by atoms with Crippen LogP contribution in [-0.4, -0.2) is 26.2 Å². The zero-order valence-corrected chi connectivity index (χ0v) is 14.8. The fourth-order valence-corrected chi connectivity index (χ4v) is 3.13. The van der Waals surface area contributed by atoms with E-state index < -0.39 is 6.03 Å². The number of nitrogens with two attached hydrogens (primary N) is 1. The van der Waals surface area contributed by atoms with E-state index >= 15 is 0 Å². The number of aromatic nitrogens is 2. The highest BCUT2D eigenvalue weighted by molar-refractivity contribution is 5.86. The molecule has 1 aromatic heterocycles. The first kappa shape index (κ1) is 17.4. The van der Waals surface area contributed by atoms with Crippen LogP contribution in [0.4, 0.5) is 4.79 Å². The molecule has 0 radical (unpaired) electrons. The van der Waals surface area contributed by atoms with E-state index in [-0.39, 0.29) is 18.0 Å². The molecule has 0 saturated heterocycles. The molecule has 0 spiro atoms. The van der Waals surface area contributed by atoms with Crippen molar-refractivity contribution in [3.8, 4) is 34.0 Å². The van der Waals surface area contributed by atoms with Crippen LogP contribution in [0.25, 0.3) is 33.5 Å². The number of carbonyl (C=O) groups excluding carboxylic acids is 1. The van der Waals surface area contributed by atoms with Crippen molar-refractivity contribution in [2.24, 2.45) is 5.73 Å². The Hall–Kier alpha value is -4.00. The lowest BCUT2D eigenvalue weighted by molar-refractivity contribution is 0.248. The second-order valence-corrected chi connectivity index (χ2v) is 6.37. The number of aromatic amines is 1. The van der Waals surface area contributed by atoms with Gasteiger partial charge in [-0.05, 0) is 35.9 Å². The van der Waals surface area contributed by atoms with Crippen LogP contribution in [0.15, 0.2) is 60.7 Å². The first-order chi connectivity index (χ1) is 13.5. The summed E-state index contributed by atoms with van der Waals surface area (Å²) in [7, 11) is 0. The van der Waals surface area contributed by atoms with Gasteiger partial charge < -0.3 is 26.2 Å². The van der Waals surface area contributed by atoms with Gasteiger partial charge in [0.2, 0.25) is 0 Å². The van der Waals surface area contributed by atoms with E-state index in [9.17, 15) is 15.0 Å². The SMILES string of the molecule is NC(=O)NCc1ccc(O)c(-c2cccc(-c3nc4ccccc4[nH]3)c2O)c1. The maximum Gasteiger partial charge on any atom is 0.312 e. The number of H-pyrrole nitrogens is 1. The normalized spacial score (nSPS) is 10.9. The van der Waals surface area contributed by atoms with Crippen molar-refractivity contribution in [2.75, 3.05) is 0 Å². The number of para-hydroxylation sites is 3. The van der Waals surface area contributed by atoms with Crippen LogP contribution >= 0.6 is 0 Å². The Morgan fingerprint density at radius 1 is 1.00 bits per heavy atom. The summed E-state index contributed by atoms with van der Waals surface area (Å²) >= 11 is 0. The van der Waals surface area contributed by atoms with Crippen LogP contribution in [0.2, 0.25) is 0 Å². The number of imidazole rings is 1. The average molecular weight is 374 g/mol. The second kappa shape index (κ2) is 6.96. The molecule has 3 aromatic carbocycles. The maximum atomic E-state index is 10.9. The lowest BCUT2D eigenvalue weighted by atomic mass is 9.98. The lowest BCUT2D eigenvalue weighted by Crippen LogP contribution is -2.28. The Labute approximate surface area is 160 Å². The maximum absolute atomic E-state index is 10.9. The Morgan fingerprint density at radius 3 is 2.57 bits per heavy atom. The molecule has 0 saturated carbocycles. The molecule has 0 fully saturated rings. The fourth-order valence-electron chi connectivity index (χ4n) is 3.13. The Morgan fingerprint density at radius 2 is 1.79 bits per heavy atom. The quantitative estimate of drug-likeness (QED) is 0.375. The van der Waals surface area contributed by atoms with Gasteiger partial charge in [0.1, 0.15) is 17.3 Å². The van der Waals surface area contributed by atoms with Gasteiger partial charge in [-0.3, -0.25) is 0 Å². The van der Waals surface area contributed by atoms with Gasteiger partial charge in [-0.2, -0.15) is 0 Å². The van der Waals surface area contributed by atoms with Gasteiger partial charge in [-0.1, -0.05) is 30.3 Å². The van der Waals surface area contributed by atoms with E-state index in [0.29, 0.717) is 22.5 Å². The smallest absolute Gasteiger partial charge is 0.312 e. The summed E-state index contributed by atoms with van der Waals surface area (Å²) in [5.74, 6) is 0.545. The van der Waals surface area contributed by atoms with Crippen LogP contribution < -0.4 is 11.1 Å². The van der Waals surface area contributed by atoms with E-state index in [1.807, 2.05) is 24.3 Å². The summed E-state index contributed by atoms with van der Waals surface area (Å²) in [6, 6.07) is 17.1. The van der Waals surface area contributed by atoms with Crippen LogP contribution in [-0.2, 0) is 6.54 Å². The first-order valence-corrected chi connectivity index (χ1v) is 8.65. The van der Waals surface area contributed by atoms with Crippen molar-refractivity contribution in [3.05, 3.63) is 66.2 Å². The molecule has 0 aliphatic rings. The zero-order chi connectivity index (χ0) is 19.7. The van der Waals surface area contributed by atoms with Crippen LogP contribution in [0.1, 0.15) is 5.56 Å². The molecule has 6 N–H and O–H groups in total. The summed E-state index contributed by atoms with van der Waals surface area (Å²) in [4.78, 5) is 18.7. The third-order valence-electron chi connectivity index (χ3n) is 4.50. The zero-order valence-electron chi connectivity index (χ0n) is 14.8. The summed E-state index contributed by atoms with van der Waals surface area (Å²) < 4.78 is 0. The van der Waals surface area contributed by atoms with Gasteiger partial charge in [-0.15, -0.1) is 0 Å². The standard InChI is InChI=1S/C21H18N4O3/c22-21(28)23-11-12-8-9-18(26)15(10-12)13-4-3-5-14(19(13)27)20-24-16-6-1-2-7-17(16)25-20/h1-10,26-27H,11H2,(H,24,25)(H3,22,23,28). The van der Waals surface area contributed by atoms with Crippen LogP contribution in [0.5, 0.6) is 11.5 Å². The molecule has 0 aliphatic heterocycles. The van der Waals surface area contributed by atoms with Gasteiger partial charge in [0.15, 0.2) is 0 Å². The van der Waals surface area contributed by atoms with E-state index in [1.54, 1.807) is 30.3 Å². The van der Waals surface area contributed by atoms with Crippen molar-refractivity contribution in [1.29, 1.82) is 0 Å². The third kappa shape index (κ3) is 3.21. The predicted molar refractivity (Wildman–Crippen MR) is 107 cm³/mol. The monoisotopic (exact) mass is 374 g/mol. The van der Waals surface area contributed by atoms with Crippen molar-refractivity contribution in [3.63, 3.8) is 0 Å². The van der Waals surface area contributed by atoms with Crippen LogP contribution in [0.3, 0.4) is 0 Å². The lowest BCUT2D eigenvalue weighted by Gasteiger charge is -2.12. The highest BCUT2D eigenvalue weighted by Crippen LogP contribution is 2.41. The van der Waals surface area contributed by atoms with Crippen molar-refractivity contribution in [1.82, 2.24) is 15.3 Å². The number of primary amides is 1. The molecule has 0 unspecified atom stereocenters. The molecular weight excluding hydrogens is 356 g/mol. The molecule has 0 bridgehead atoms. The Bertz CT molecular complexity index is 1150. The van der Waals surface area contributed by atoms with E-state index in [4.69, 9.17) is 5.73 Å². The highest BCUT2D eigenvalue weighted by Gasteiger charge is 2.16. The highest BCUT2D eigenvalue weighted by atomic mass is 16.3. The molecule has 1 heterocycles. The number of fused-ring (bicyclic) bond motifs is 1. The Kier molecular flexibility index (Phi) is 4.33. The van der Waals surface area contributed by atoms with Crippen molar-refractivity contribution in [2.45, 2.75) is 6.54 Å². The van der Waals surface area contributed by atoms with E-state index in [2.05, 4.69) is 15.3 Å². The third-order valence-corrected chi connectivity index (χ3v) is 4.50. The molecule has 4 aromatic rings. The molecule has 7 nitrogen and oxygen atoms in total. The number of phenolic OH excluding ortho intramolecular Hbond substituents is 2. The molecule has 7 heteroatoms. The number of nitrogens with one attached hydrogen (secondary N) is 2. The summed E-state index contributed by atoms with van der Waals surface area (Å²) in [6.07, 6.45) is 0. The number of rotatable bonds is 4. The van der Waals surface area contributed by atoms with Gasteiger partial charge in [-0.25, -0.2) is 9.78 Å². The van der Waals surface area contributed by atoms with Gasteiger partial charge >= 0.3 is 6.03 Å². The van der Waals surface area contributed by atoms with Gasteiger partial charge in [0.25, 0.3) is 0 Å². The molecule has 0 atom stereocenters. The number of phenols is 2. The second-order valence-electron chi connectivity index (χ2n) is 6.37. The minimum absolute atomic E-state index is 0.00290. The van der Waals surface area contributed by atoms with Crippen molar-refractivity contribution < 1.29 is 15.0 Å². The molecule has 28 heavy (non-hydrogen) atoms. The van der Waals surface area contributed by atoms with Crippen molar-refractivity contribution >= 4 is 17.1 Å². The number of amides is 2. The number of hydrogen-bond donors (Lipinski definition) is 5. The average Bonchev–Trinajstić information content (AvgIpc) is 3.11. The van der Waals surface area contributed by atoms with Crippen LogP contribution in [0, 0.1) is 0 Å². The first-order valence-electron chi connectivity index (χ1n) is 8.65. The number of nitrogens with zero attached hydrogens (tertiary/aromatic N) is 1. The Balaban J connectivity index is 1.78. The largest absolute Gasteiger partial charge is 0.507 e. The molecule has 140 valence electrons. The van der Waals surface area contributed by atoms with Gasteiger partial charge in [0, 0.05) is 17.7 Å².